The van der Waals surface area contributed by atoms with Crippen LogP contribution in [-0.2, 0) is 12.1 Å². The van der Waals surface area contributed by atoms with Crippen LogP contribution in [0.5, 0.6) is 0 Å². The zero-order valence-electron chi connectivity index (χ0n) is 12.3. The zero-order chi connectivity index (χ0) is 14.7. The molecule has 1 fully saturated rings. The Kier molecular flexibility index (Phi) is 3.98. The van der Waals surface area contributed by atoms with Crippen molar-refractivity contribution in [2.24, 2.45) is 0 Å². The molecule has 0 saturated carbocycles. The van der Waals surface area contributed by atoms with Gasteiger partial charge in [0, 0.05) is 44.1 Å². The Morgan fingerprint density at radius 2 is 2.10 bits per heavy atom. The lowest BCUT2D eigenvalue weighted by atomic mass is 9.85. The largest absolute Gasteiger partial charge is 0.385 e. The third-order valence-electron chi connectivity index (χ3n) is 4.35. The van der Waals surface area contributed by atoms with Crippen molar-refractivity contribution in [1.29, 1.82) is 0 Å². The van der Waals surface area contributed by atoms with E-state index in [1.807, 2.05) is 19.1 Å². The van der Waals surface area contributed by atoms with Gasteiger partial charge in [-0.2, -0.15) is 0 Å². The standard InChI is InChI=1S/C15H21N5O/c1-13-18-17-12-20(13)10-9-19-7-4-15(21,5-8-19)14-3-2-6-16-11-14/h2-3,6,11-12,21H,4-5,7-10H2,1H3. The van der Waals surface area contributed by atoms with E-state index in [2.05, 4.69) is 24.6 Å². The lowest BCUT2D eigenvalue weighted by Crippen LogP contribution is -2.43. The van der Waals surface area contributed by atoms with Crippen LogP contribution >= 0.6 is 0 Å². The fourth-order valence-electron chi connectivity index (χ4n) is 2.85. The molecule has 2 aromatic rings. The van der Waals surface area contributed by atoms with Crippen molar-refractivity contribution in [2.45, 2.75) is 31.9 Å². The van der Waals surface area contributed by atoms with Gasteiger partial charge < -0.3 is 14.6 Å². The summed E-state index contributed by atoms with van der Waals surface area (Å²) in [5, 5.41) is 18.7. The summed E-state index contributed by atoms with van der Waals surface area (Å²) >= 11 is 0. The first kappa shape index (κ1) is 14.2. The number of hydrogen-bond acceptors (Lipinski definition) is 5. The van der Waals surface area contributed by atoms with E-state index in [4.69, 9.17) is 0 Å². The maximum atomic E-state index is 10.8. The van der Waals surface area contributed by atoms with Crippen LogP contribution in [0.1, 0.15) is 24.2 Å². The zero-order valence-corrected chi connectivity index (χ0v) is 12.3. The highest BCUT2D eigenvalue weighted by Crippen LogP contribution is 2.32. The predicted octanol–water partition coefficient (Wildman–Crippen LogP) is 0.965. The second kappa shape index (κ2) is 5.91. The molecule has 1 saturated heterocycles. The van der Waals surface area contributed by atoms with Gasteiger partial charge >= 0.3 is 0 Å². The number of likely N-dealkylation sites (tertiary alicyclic amines) is 1. The van der Waals surface area contributed by atoms with E-state index in [0.29, 0.717) is 0 Å². The maximum Gasteiger partial charge on any atom is 0.129 e. The van der Waals surface area contributed by atoms with Crippen LogP contribution in [0, 0.1) is 6.92 Å². The first-order valence-corrected chi connectivity index (χ1v) is 7.37. The Labute approximate surface area is 124 Å². The highest BCUT2D eigenvalue weighted by atomic mass is 16.3. The van der Waals surface area contributed by atoms with Crippen LogP contribution in [0.3, 0.4) is 0 Å². The third kappa shape index (κ3) is 3.11. The van der Waals surface area contributed by atoms with E-state index in [-0.39, 0.29) is 0 Å². The molecule has 0 atom stereocenters. The van der Waals surface area contributed by atoms with Crippen molar-refractivity contribution in [3.8, 4) is 0 Å². The van der Waals surface area contributed by atoms with Gasteiger partial charge in [-0.3, -0.25) is 4.98 Å². The van der Waals surface area contributed by atoms with Gasteiger partial charge in [-0.1, -0.05) is 6.07 Å². The minimum Gasteiger partial charge on any atom is -0.385 e. The highest BCUT2D eigenvalue weighted by Gasteiger charge is 2.33. The van der Waals surface area contributed by atoms with Gasteiger partial charge in [0.05, 0.1) is 5.60 Å². The van der Waals surface area contributed by atoms with Crippen LogP contribution in [-0.4, -0.2) is 49.4 Å². The molecule has 0 amide bonds. The molecule has 21 heavy (non-hydrogen) atoms. The molecule has 2 aromatic heterocycles. The molecule has 112 valence electrons. The van der Waals surface area contributed by atoms with Crippen LogP contribution in [0.15, 0.2) is 30.9 Å². The highest BCUT2D eigenvalue weighted by molar-refractivity contribution is 5.18. The SMILES string of the molecule is Cc1nncn1CCN1CCC(O)(c2cccnc2)CC1. The second-order valence-corrected chi connectivity index (χ2v) is 5.69. The van der Waals surface area contributed by atoms with Gasteiger partial charge in [-0.15, -0.1) is 10.2 Å². The molecule has 1 aliphatic rings. The molecule has 0 aromatic carbocycles. The first-order valence-electron chi connectivity index (χ1n) is 7.37. The van der Waals surface area contributed by atoms with E-state index in [0.717, 1.165) is 50.4 Å². The maximum absolute atomic E-state index is 10.8. The van der Waals surface area contributed by atoms with Gasteiger partial charge in [-0.05, 0) is 25.8 Å². The number of aromatic nitrogens is 4. The first-order chi connectivity index (χ1) is 10.2. The minimum absolute atomic E-state index is 0.725. The number of nitrogens with zero attached hydrogens (tertiary/aromatic N) is 5. The number of pyridine rings is 1. The molecule has 0 unspecified atom stereocenters. The average molecular weight is 287 g/mol. The monoisotopic (exact) mass is 287 g/mol. The van der Waals surface area contributed by atoms with E-state index in [1.165, 1.54) is 0 Å². The summed E-state index contributed by atoms with van der Waals surface area (Å²) in [4.78, 5) is 6.49. The quantitative estimate of drug-likeness (QED) is 0.907. The van der Waals surface area contributed by atoms with Gasteiger partial charge in [0.25, 0.3) is 0 Å². The summed E-state index contributed by atoms with van der Waals surface area (Å²) in [6, 6.07) is 3.84. The number of hydrogen-bond donors (Lipinski definition) is 1. The summed E-state index contributed by atoms with van der Waals surface area (Å²) < 4.78 is 2.06. The summed E-state index contributed by atoms with van der Waals surface area (Å²) in [6.07, 6.45) is 6.78. The smallest absolute Gasteiger partial charge is 0.129 e. The van der Waals surface area contributed by atoms with Gasteiger partial charge in [-0.25, -0.2) is 0 Å². The predicted molar refractivity (Wildman–Crippen MR) is 78.6 cm³/mol. The van der Waals surface area contributed by atoms with Gasteiger partial charge in [0.1, 0.15) is 12.2 Å². The van der Waals surface area contributed by atoms with E-state index in [9.17, 15) is 5.11 Å². The molecule has 0 radical (unpaired) electrons. The van der Waals surface area contributed by atoms with Crippen LogP contribution in [0.25, 0.3) is 0 Å². The fourth-order valence-corrected chi connectivity index (χ4v) is 2.85. The number of aliphatic hydroxyl groups is 1. The summed E-state index contributed by atoms with van der Waals surface area (Å²) in [5.74, 6) is 0.943. The lowest BCUT2D eigenvalue weighted by molar-refractivity contribution is -0.0266. The average Bonchev–Trinajstić information content (AvgIpc) is 2.93. The van der Waals surface area contributed by atoms with Crippen molar-refractivity contribution in [3.63, 3.8) is 0 Å². The van der Waals surface area contributed by atoms with E-state index < -0.39 is 5.60 Å². The Bertz CT molecular complexity index is 575. The van der Waals surface area contributed by atoms with Crippen molar-refractivity contribution < 1.29 is 5.11 Å². The van der Waals surface area contributed by atoms with Crippen molar-refractivity contribution in [2.75, 3.05) is 19.6 Å². The third-order valence-corrected chi connectivity index (χ3v) is 4.35. The summed E-state index contributed by atoms with van der Waals surface area (Å²) in [7, 11) is 0. The molecule has 6 heteroatoms. The number of aryl methyl sites for hydroxylation is 1. The molecule has 1 N–H and O–H groups in total. The number of piperidine rings is 1. The summed E-state index contributed by atoms with van der Waals surface area (Å²) in [5.41, 5.74) is 0.205. The summed E-state index contributed by atoms with van der Waals surface area (Å²) in [6.45, 7) is 5.61. The Morgan fingerprint density at radius 3 is 2.71 bits per heavy atom. The van der Waals surface area contributed by atoms with Crippen molar-refractivity contribution in [3.05, 3.63) is 42.2 Å². The van der Waals surface area contributed by atoms with Crippen molar-refractivity contribution >= 4 is 0 Å². The Hall–Kier alpha value is -1.79. The van der Waals surface area contributed by atoms with Crippen LogP contribution < -0.4 is 0 Å². The van der Waals surface area contributed by atoms with E-state index >= 15 is 0 Å². The Morgan fingerprint density at radius 1 is 1.29 bits per heavy atom. The molecular formula is C15H21N5O. The minimum atomic E-state index is -0.725. The van der Waals surface area contributed by atoms with Gasteiger partial charge in [0.15, 0.2) is 0 Å². The molecular weight excluding hydrogens is 266 g/mol. The molecule has 1 aliphatic heterocycles. The molecule has 6 nitrogen and oxygen atoms in total. The normalized spacial score (nSPS) is 18.8. The molecule has 0 spiro atoms. The van der Waals surface area contributed by atoms with Crippen molar-refractivity contribution in [1.82, 2.24) is 24.6 Å². The fraction of sp³-hybridized carbons (Fsp3) is 0.533. The molecule has 3 rings (SSSR count). The molecule has 0 aliphatic carbocycles. The topological polar surface area (TPSA) is 67.1 Å². The van der Waals surface area contributed by atoms with Crippen LogP contribution in [0.2, 0.25) is 0 Å². The second-order valence-electron chi connectivity index (χ2n) is 5.69. The lowest BCUT2D eigenvalue weighted by Gasteiger charge is -2.38. The van der Waals surface area contributed by atoms with Crippen LogP contribution in [0.4, 0.5) is 0 Å². The molecule has 0 bridgehead atoms. The Balaban J connectivity index is 1.54. The number of rotatable bonds is 4. The van der Waals surface area contributed by atoms with E-state index in [1.54, 1.807) is 18.7 Å². The molecule has 3 heterocycles. The van der Waals surface area contributed by atoms with Gasteiger partial charge in [0.2, 0.25) is 0 Å².